The van der Waals surface area contributed by atoms with Crippen molar-refractivity contribution >= 4 is 0 Å². The maximum Gasteiger partial charge on any atom is 0.126 e. The number of benzene rings is 1. The molecule has 0 aromatic heterocycles. The zero-order valence-electron chi connectivity index (χ0n) is 10.2. The van der Waals surface area contributed by atoms with Gasteiger partial charge in [-0.05, 0) is 31.5 Å². The minimum atomic E-state index is -0.505. The van der Waals surface area contributed by atoms with Crippen molar-refractivity contribution in [3.63, 3.8) is 0 Å². The summed E-state index contributed by atoms with van der Waals surface area (Å²) in [5.74, 6) is -1.01. The Labute approximate surface area is 101 Å². The molecule has 1 heterocycles. The van der Waals surface area contributed by atoms with Gasteiger partial charge in [0, 0.05) is 37.8 Å². The topological polar surface area (TPSA) is 15.3 Å². The SMILES string of the molecule is CC(C)N1CCNC[C@H]1c1cc(F)cc(F)c1. The highest BCUT2D eigenvalue weighted by molar-refractivity contribution is 5.22. The first-order valence-corrected chi connectivity index (χ1v) is 6.00. The molecule has 0 amide bonds. The Kier molecular flexibility index (Phi) is 3.74. The van der Waals surface area contributed by atoms with Crippen LogP contribution in [0.15, 0.2) is 18.2 Å². The molecule has 1 aliphatic rings. The maximum atomic E-state index is 13.2. The Bertz CT molecular complexity index is 373. The lowest BCUT2D eigenvalue weighted by Crippen LogP contribution is -2.48. The van der Waals surface area contributed by atoms with Crippen LogP contribution in [0, 0.1) is 11.6 Å². The van der Waals surface area contributed by atoms with Crippen molar-refractivity contribution in [1.82, 2.24) is 10.2 Å². The van der Waals surface area contributed by atoms with Crippen molar-refractivity contribution < 1.29 is 8.78 Å². The van der Waals surface area contributed by atoms with Crippen LogP contribution in [0.3, 0.4) is 0 Å². The standard InChI is InChI=1S/C13H18F2N2/c1-9(2)17-4-3-16-8-13(17)10-5-11(14)7-12(15)6-10/h5-7,9,13,16H,3-4,8H2,1-2H3/t13-/m0/s1. The van der Waals surface area contributed by atoms with Crippen LogP contribution in [-0.4, -0.2) is 30.6 Å². The summed E-state index contributed by atoms with van der Waals surface area (Å²) >= 11 is 0. The highest BCUT2D eigenvalue weighted by Gasteiger charge is 2.26. The van der Waals surface area contributed by atoms with E-state index in [2.05, 4.69) is 24.1 Å². The van der Waals surface area contributed by atoms with Crippen LogP contribution in [0.5, 0.6) is 0 Å². The molecule has 0 unspecified atom stereocenters. The van der Waals surface area contributed by atoms with Gasteiger partial charge in [-0.15, -0.1) is 0 Å². The molecule has 0 aliphatic carbocycles. The average Bonchev–Trinajstić information content (AvgIpc) is 2.27. The molecule has 0 saturated carbocycles. The van der Waals surface area contributed by atoms with Crippen molar-refractivity contribution in [1.29, 1.82) is 0 Å². The largest absolute Gasteiger partial charge is 0.314 e. The van der Waals surface area contributed by atoms with Gasteiger partial charge in [-0.1, -0.05) is 0 Å². The third-order valence-corrected chi connectivity index (χ3v) is 3.22. The molecule has 2 rings (SSSR count). The average molecular weight is 240 g/mol. The smallest absolute Gasteiger partial charge is 0.126 e. The van der Waals surface area contributed by atoms with Crippen LogP contribution in [-0.2, 0) is 0 Å². The van der Waals surface area contributed by atoms with Crippen LogP contribution < -0.4 is 5.32 Å². The first-order chi connectivity index (χ1) is 8.08. The summed E-state index contributed by atoms with van der Waals surface area (Å²) in [5, 5.41) is 3.27. The van der Waals surface area contributed by atoms with Crippen molar-refractivity contribution in [3.8, 4) is 0 Å². The molecule has 94 valence electrons. The molecule has 1 aromatic rings. The van der Waals surface area contributed by atoms with Gasteiger partial charge in [0.2, 0.25) is 0 Å². The van der Waals surface area contributed by atoms with Gasteiger partial charge in [0.25, 0.3) is 0 Å². The summed E-state index contributed by atoms with van der Waals surface area (Å²) in [7, 11) is 0. The van der Waals surface area contributed by atoms with Gasteiger partial charge in [-0.2, -0.15) is 0 Å². The number of nitrogens with one attached hydrogen (secondary N) is 1. The molecule has 1 atom stereocenters. The minimum absolute atomic E-state index is 0.0500. The summed E-state index contributed by atoms with van der Waals surface area (Å²) in [6.45, 7) is 6.77. The van der Waals surface area contributed by atoms with Crippen molar-refractivity contribution in [2.24, 2.45) is 0 Å². The lowest BCUT2D eigenvalue weighted by Gasteiger charge is -2.39. The number of rotatable bonds is 2. The molecular formula is C13H18F2N2. The molecular weight excluding hydrogens is 222 g/mol. The predicted octanol–water partition coefficient (Wildman–Crippen LogP) is 2.32. The molecule has 1 aromatic carbocycles. The Morgan fingerprint density at radius 2 is 1.88 bits per heavy atom. The second-order valence-corrected chi connectivity index (χ2v) is 4.75. The van der Waals surface area contributed by atoms with Crippen LogP contribution in [0.2, 0.25) is 0 Å². The van der Waals surface area contributed by atoms with Gasteiger partial charge in [-0.25, -0.2) is 8.78 Å². The summed E-state index contributed by atoms with van der Waals surface area (Å²) < 4.78 is 26.5. The minimum Gasteiger partial charge on any atom is -0.314 e. The number of piperazine rings is 1. The quantitative estimate of drug-likeness (QED) is 0.853. The molecule has 17 heavy (non-hydrogen) atoms. The molecule has 4 heteroatoms. The third-order valence-electron chi connectivity index (χ3n) is 3.22. The van der Waals surface area contributed by atoms with Crippen LogP contribution in [0.25, 0.3) is 0 Å². The van der Waals surface area contributed by atoms with E-state index in [1.54, 1.807) is 0 Å². The summed E-state index contributed by atoms with van der Waals surface area (Å²) in [6.07, 6.45) is 0. The van der Waals surface area contributed by atoms with E-state index in [-0.39, 0.29) is 6.04 Å². The maximum absolute atomic E-state index is 13.2. The highest BCUT2D eigenvalue weighted by atomic mass is 19.1. The van der Waals surface area contributed by atoms with Gasteiger partial charge in [0.05, 0.1) is 0 Å². The van der Waals surface area contributed by atoms with Gasteiger partial charge in [0.1, 0.15) is 11.6 Å². The number of halogens is 2. The molecule has 1 fully saturated rings. The number of nitrogens with zero attached hydrogens (tertiary/aromatic N) is 1. The Hall–Kier alpha value is -1.00. The first kappa shape index (κ1) is 12.5. The second kappa shape index (κ2) is 5.10. The van der Waals surface area contributed by atoms with E-state index in [1.807, 2.05) is 0 Å². The van der Waals surface area contributed by atoms with Crippen molar-refractivity contribution in [3.05, 3.63) is 35.4 Å². The zero-order chi connectivity index (χ0) is 12.4. The molecule has 0 bridgehead atoms. The van der Waals surface area contributed by atoms with Crippen LogP contribution in [0.1, 0.15) is 25.5 Å². The first-order valence-electron chi connectivity index (χ1n) is 6.00. The van der Waals surface area contributed by atoms with E-state index < -0.39 is 11.6 Å². The summed E-state index contributed by atoms with van der Waals surface area (Å²) in [6, 6.07) is 4.19. The fourth-order valence-electron chi connectivity index (χ4n) is 2.41. The van der Waals surface area contributed by atoms with Crippen LogP contribution >= 0.6 is 0 Å². The number of hydrogen-bond donors (Lipinski definition) is 1. The van der Waals surface area contributed by atoms with E-state index in [0.717, 1.165) is 25.7 Å². The molecule has 1 aliphatic heterocycles. The van der Waals surface area contributed by atoms with Gasteiger partial charge >= 0.3 is 0 Å². The van der Waals surface area contributed by atoms with Gasteiger partial charge in [0.15, 0.2) is 0 Å². The Morgan fingerprint density at radius 1 is 1.24 bits per heavy atom. The third kappa shape index (κ3) is 2.82. The van der Waals surface area contributed by atoms with Crippen molar-refractivity contribution in [2.45, 2.75) is 25.9 Å². The molecule has 0 spiro atoms. The van der Waals surface area contributed by atoms with Gasteiger partial charge < -0.3 is 5.32 Å². The van der Waals surface area contributed by atoms with Crippen LogP contribution in [0.4, 0.5) is 8.78 Å². The predicted molar refractivity (Wildman–Crippen MR) is 63.8 cm³/mol. The van der Waals surface area contributed by atoms with E-state index in [4.69, 9.17) is 0 Å². The molecule has 1 N–H and O–H groups in total. The Morgan fingerprint density at radius 3 is 2.47 bits per heavy atom. The fraction of sp³-hybridized carbons (Fsp3) is 0.538. The number of hydrogen-bond acceptors (Lipinski definition) is 2. The lowest BCUT2D eigenvalue weighted by molar-refractivity contribution is 0.123. The Balaban J connectivity index is 2.29. The monoisotopic (exact) mass is 240 g/mol. The second-order valence-electron chi connectivity index (χ2n) is 4.75. The van der Waals surface area contributed by atoms with E-state index in [9.17, 15) is 8.78 Å². The highest BCUT2D eigenvalue weighted by Crippen LogP contribution is 2.25. The van der Waals surface area contributed by atoms with Gasteiger partial charge in [-0.3, -0.25) is 4.90 Å². The zero-order valence-corrected chi connectivity index (χ0v) is 10.2. The normalized spacial score (nSPS) is 22.1. The molecule has 1 saturated heterocycles. The lowest BCUT2D eigenvalue weighted by atomic mass is 10.0. The summed E-state index contributed by atoms with van der Waals surface area (Å²) in [4.78, 5) is 2.27. The van der Waals surface area contributed by atoms with E-state index >= 15 is 0 Å². The van der Waals surface area contributed by atoms with Crippen molar-refractivity contribution in [2.75, 3.05) is 19.6 Å². The molecule has 2 nitrogen and oxygen atoms in total. The van der Waals surface area contributed by atoms with E-state index in [0.29, 0.717) is 11.6 Å². The molecule has 0 radical (unpaired) electrons. The van der Waals surface area contributed by atoms with E-state index in [1.165, 1.54) is 12.1 Å². The fourth-order valence-corrected chi connectivity index (χ4v) is 2.41. The summed E-state index contributed by atoms with van der Waals surface area (Å²) in [5.41, 5.74) is 0.711.